The Morgan fingerprint density at radius 1 is 1.24 bits per heavy atom. The molecular weight excluding hydrogens is 326 g/mol. The Hall–Kier alpha value is -2.44. The number of hydrogen-bond acceptors (Lipinski definition) is 5. The molecule has 4 rings (SSSR count). The van der Waals surface area contributed by atoms with E-state index in [0.717, 1.165) is 19.3 Å². The summed E-state index contributed by atoms with van der Waals surface area (Å²) in [5, 5.41) is 9.17. The highest BCUT2D eigenvalue weighted by Gasteiger charge is 2.59. The number of amides is 1. The third-order valence-corrected chi connectivity index (χ3v) is 5.61. The molecule has 0 aromatic heterocycles. The van der Waals surface area contributed by atoms with Gasteiger partial charge < -0.3 is 24.2 Å². The summed E-state index contributed by atoms with van der Waals surface area (Å²) in [5.74, 6) is 0.510. The SMILES string of the molecule is COc1cc(C(=O)N2CCC3(CC2)CC3C(=O)O)cc2c1OCCO2. The zero-order valence-corrected chi connectivity index (χ0v) is 14.1. The van der Waals surface area contributed by atoms with Crippen LogP contribution in [0.3, 0.4) is 0 Å². The summed E-state index contributed by atoms with van der Waals surface area (Å²) in [7, 11) is 1.53. The minimum absolute atomic E-state index is 0.0855. The molecule has 1 saturated heterocycles. The molecule has 25 heavy (non-hydrogen) atoms. The van der Waals surface area contributed by atoms with Crippen LogP contribution in [0.2, 0.25) is 0 Å². The van der Waals surface area contributed by atoms with Gasteiger partial charge in [-0.05, 0) is 36.8 Å². The molecule has 3 aliphatic rings. The number of benzene rings is 1. The monoisotopic (exact) mass is 347 g/mol. The topological polar surface area (TPSA) is 85.3 Å². The second kappa shape index (κ2) is 5.82. The van der Waals surface area contributed by atoms with Crippen molar-refractivity contribution in [2.75, 3.05) is 33.4 Å². The van der Waals surface area contributed by atoms with Crippen molar-refractivity contribution in [2.24, 2.45) is 11.3 Å². The average Bonchev–Trinajstić information content (AvgIpc) is 3.34. The lowest BCUT2D eigenvalue weighted by molar-refractivity contribution is -0.139. The molecule has 1 aromatic carbocycles. The summed E-state index contributed by atoms with van der Waals surface area (Å²) in [5.41, 5.74) is 0.412. The first kappa shape index (κ1) is 16.1. The molecule has 2 aliphatic heterocycles. The largest absolute Gasteiger partial charge is 0.493 e. The van der Waals surface area contributed by atoms with Gasteiger partial charge in [0.2, 0.25) is 5.75 Å². The lowest BCUT2D eigenvalue weighted by atomic mass is 9.90. The van der Waals surface area contributed by atoms with Crippen molar-refractivity contribution in [3.05, 3.63) is 17.7 Å². The third-order valence-electron chi connectivity index (χ3n) is 5.61. The van der Waals surface area contributed by atoms with Gasteiger partial charge in [0.25, 0.3) is 5.91 Å². The van der Waals surface area contributed by atoms with Crippen LogP contribution in [0, 0.1) is 11.3 Å². The van der Waals surface area contributed by atoms with Crippen molar-refractivity contribution in [3.63, 3.8) is 0 Å². The fraction of sp³-hybridized carbons (Fsp3) is 0.556. The van der Waals surface area contributed by atoms with Gasteiger partial charge in [0.15, 0.2) is 11.5 Å². The van der Waals surface area contributed by atoms with Crippen molar-refractivity contribution < 1.29 is 28.9 Å². The second-order valence-electron chi connectivity index (χ2n) is 6.95. The zero-order chi connectivity index (χ0) is 17.6. The number of nitrogens with zero attached hydrogens (tertiary/aromatic N) is 1. The first-order valence-corrected chi connectivity index (χ1v) is 8.54. The maximum atomic E-state index is 12.9. The van der Waals surface area contributed by atoms with E-state index in [4.69, 9.17) is 14.2 Å². The molecule has 7 heteroatoms. The molecule has 1 aliphatic carbocycles. The van der Waals surface area contributed by atoms with Crippen molar-refractivity contribution in [3.8, 4) is 17.2 Å². The molecule has 1 amide bonds. The molecule has 1 unspecified atom stereocenters. The first-order chi connectivity index (χ1) is 12.0. The van der Waals surface area contributed by atoms with Crippen molar-refractivity contribution in [1.29, 1.82) is 0 Å². The number of piperidine rings is 1. The molecular formula is C18H21NO6. The summed E-state index contributed by atoms with van der Waals surface area (Å²) in [6, 6.07) is 3.37. The number of rotatable bonds is 3. The number of fused-ring (bicyclic) bond motifs is 1. The number of ether oxygens (including phenoxy) is 3. The Morgan fingerprint density at radius 3 is 2.60 bits per heavy atom. The molecule has 2 fully saturated rings. The van der Waals surface area contributed by atoms with Crippen LogP contribution in [0.1, 0.15) is 29.6 Å². The number of hydrogen-bond donors (Lipinski definition) is 1. The van der Waals surface area contributed by atoms with E-state index < -0.39 is 5.97 Å². The van der Waals surface area contributed by atoms with E-state index in [1.165, 1.54) is 7.11 Å². The van der Waals surface area contributed by atoms with Crippen molar-refractivity contribution in [2.45, 2.75) is 19.3 Å². The minimum atomic E-state index is -0.712. The summed E-state index contributed by atoms with van der Waals surface area (Å²) in [6.45, 7) is 2.06. The van der Waals surface area contributed by atoms with E-state index in [2.05, 4.69) is 0 Å². The Morgan fingerprint density at radius 2 is 1.96 bits per heavy atom. The summed E-state index contributed by atoms with van der Waals surface area (Å²) < 4.78 is 16.5. The standard InChI is InChI=1S/C18H21NO6/c1-23-13-8-11(9-14-15(13)25-7-6-24-14)16(20)19-4-2-18(3-5-19)10-12(18)17(21)22/h8-9,12H,2-7,10H2,1H3,(H,21,22). The number of aliphatic carboxylic acids is 1. The molecule has 1 spiro atoms. The molecule has 0 bridgehead atoms. The van der Waals surface area contributed by atoms with Gasteiger partial charge in [0, 0.05) is 18.7 Å². The molecule has 7 nitrogen and oxygen atoms in total. The fourth-order valence-electron chi connectivity index (χ4n) is 3.98. The van der Waals surface area contributed by atoms with Crippen LogP contribution in [-0.4, -0.2) is 55.3 Å². The average molecular weight is 347 g/mol. The number of carbonyl (C=O) groups is 2. The molecule has 1 aromatic rings. The van der Waals surface area contributed by atoms with E-state index in [1.807, 2.05) is 0 Å². The number of carboxylic acid groups (broad SMARTS) is 1. The van der Waals surface area contributed by atoms with Crippen LogP contribution in [0.4, 0.5) is 0 Å². The molecule has 1 saturated carbocycles. The van der Waals surface area contributed by atoms with Crippen LogP contribution in [0.15, 0.2) is 12.1 Å². The van der Waals surface area contributed by atoms with Gasteiger partial charge in [-0.15, -0.1) is 0 Å². The lowest BCUT2D eigenvalue weighted by Crippen LogP contribution is -2.40. The number of carbonyl (C=O) groups excluding carboxylic acids is 1. The Kier molecular flexibility index (Phi) is 3.74. The zero-order valence-electron chi connectivity index (χ0n) is 14.1. The summed E-state index contributed by atoms with van der Waals surface area (Å²) >= 11 is 0. The van der Waals surface area contributed by atoms with Crippen LogP contribution in [-0.2, 0) is 4.79 Å². The molecule has 0 radical (unpaired) electrons. The highest BCUT2D eigenvalue weighted by Crippen LogP contribution is 2.59. The van der Waals surface area contributed by atoms with Crippen LogP contribution >= 0.6 is 0 Å². The molecule has 1 N–H and O–H groups in total. The van der Waals surface area contributed by atoms with Crippen LogP contribution < -0.4 is 14.2 Å². The highest BCUT2D eigenvalue weighted by atomic mass is 16.6. The predicted molar refractivity (Wildman–Crippen MR) is 87.3 cm³/mol. The van der Waals surface area contributed by atoms with Gasteiger partial charge in [0.05, 0.1) is 13.0 Å². The van der Waals surface area contributed by atoms with Crippen LogP contribution in [0.25, 0.3) is 0 Å². The van der Waals surface area contributed by atoms with Crippen molar-refractivity contribution in [1.82, 2.24) is 4.90 Å². The van der Waals surface area contributed by atoms with Gasteiger partial charge >= 0.3 is 5.97 Å². The van der Waals surface area contributed by atoms with E-state index >= 15 is 0 Å². The Bertz CT molecular complexity index is 705. The maximum absolute atomic E-state index is 12.9. The fourth-order valence-corrected chi connectivity index (χ4v) is 3.98. The van der Waals surface area contributed by atoms with E-state index in [9.17, 15) is 14.7 Å². The number of methoxy groups -OCH3 is 1. The Labute approximate surface area is 145 Å². The highest BCUT2D eigenvalue weighted by molar-refractivity contribution is 5.95. The van der Waals surface area contributed by atoms with Gasteiger partial charge in [-0.2, -0.15) is 0 Å². The number of likely N-dealkylation sites (tertiary alicyclic amines) is 1. The summed E-state index contributed by atoms with van der Waals surface area (Å²) in [6.07, 6.45) is 2.23. The first-order valence-electron chi connectivity index (χ1n) is 8.54. The molecule has 2 heterocycles. The normalized spacial score (nSPS) is 23.2. The van der Waals surface area contributed by atoms with E-state index in [-0.39, 0.29) is 17.2 Å². The van der Waals surface area contributed by atoms with Crippen LogP contribution in [0.5, 0.6) is 17.2 Å². The summed E-state index contributed by atoms with van der Waals surface area (Å²) in [4.78, 5) is 25.8. The Balaban J connectivity index is 1.50. The third kappa shape index (κ3) is 2.67. The number of carboxylic acids is 1. The second-order valence-corrected chi connectivity index (χ2v) is 6.95. The van der Waals surface area contributed by atoms with Gasteiger partial charge in [0.1, 0.15) is 13.2 Å². The lowest BCUT2D eigenvalue weighted by Gasteiger charge is -2.33. The quantitative estimate of drug-likeness (QED) is 0.897. The van der Waals surface area contributed by atoms with Gasteiger partial charge in [-0.25, -0.2) is 0 Å². The van der Waals surface area contributed by atoms with Crippen molar-refractivity contribution >= 4 is 11.9 Å². The van der Waals surface area contributed by atoms with Gasteiger partial charge in [-0.1, -0.05) is 0 Å². The van der Waals surface area contributed by atoms with Gasteiger partial charge in [-0.3, -0.25) is 9.59 Å². The molecule has 1 atom stereocenters. The predicted octanol–water partition coefficient (Wildman–Crippen LogP) is 1.79. The smallest absolute Gasteiger partial charge is 0.307 e. The maximum Gasteiger partial charge on any atom is 0.307 e. The minimum Gasteiger partial charge on any atom is -0.493 e. The molecule has 134 valence electrons. The van der Waals surface area contributed by atoms with E-state index in [1.54, 1.807) is 17.0 Å². The van der Waals surface area contributed by atoms with E-state index in [0.29, 0.717) is 49.1 Å².